The lowest BCUT2D eigenvalue weighted by Crippen LogP contribution is -2.49. The highest BCUT2D eigenvalue weighted by atomic mass is 16.5. The smallest absolute Gasteiger partial charge is 0.241 e. The molecule has 0 radical (unpaired) electrons. The summed E-state index contributed by atoms with van der Waals surface area (Å²) in [7, 11) is 4.82. The van der Waals surface area contributed by atoms with Gasteiger partial charge < -0.3 is 19.3 Å². The molecule has 0 aliphatic carbocycles. The molecule has 0 saturated carbocycles. The third-order valence-electron chi connectivity index (χ3n) is 5.34. The molecular formula is C22H24N4O4. The maximum atomic E-state index is 12.5. The highest BCUT2D eigenvalue weighted by Gasteiger charge is 2.32. The predicted molar refractivity (Wildman–Crippen MR) is 110 cm³/mol. The van der Waals surface area contributed by atoms with Crippen molar-refractivity contribution in [1.82, 2.24) is 20.4 Å². The van der Waals surface area contributed by atoms with Crippen LogP contribution < -0.4 is 14.8 Å². The second-order valence-corrected chi connectivity index (χ2v) is 7.09. The number of hydrogen-bond donors (Lipinski definition) is 1. The van der Waals surface area contributed by atoms with Gasteiger partial charge in [-0.05, 0) is 35.7 Å². The number of ether oxygens (including phenoxy) is 2. The molecule has 1 aromatic heterocycles. The average molecular weight is 408 g/mol. The van der Waals surface area contributed by atoms with Crippen LogP contribution in [0.3, 0.4) is 0 Å². The Morgan fingerprint density at radius 1 is 1.17 bits per heavy atom. The van der Waals surface area contributed by atoms with E-state index < -0.39 is 0 Å². The maximum absolute atomic E-state index is 12.5. The number of likely N-dealkylation sites (N-methyl/N-ethyl adjacent to an activating group) is 1. The summed E-state index contributed by atoms with van der Waals surface area (Å²) in [5.41, 5.74) is 3.16. The number of hydrogen-bond acceptors (Lipinski definition) is 7. The monoisotopic (exact) mass is 408 g/mol. The Hall–Kier alpha value is -3.39. The lowest BCUT2D eigenvalue weighted by atomic mass is 9.93. The molecule has 30 heavy (non-hydrogen) atoms. The summed E-state index contributed by atoms with van der Waals surface area (Å²) in [5.74, 6) is 2.11. The van der Waals surface area contributed by atoms with Crippen molar-refractivity contribution in [3.8, 4) is 22.9 Å². The van der Waals surface area contributed by atoms with E-state index in [1.54, 1.807) is 33.4 Å². The SMILES string of the molecule is CNC(=O)C1Cc2ccccc2CN1Cc1nc(-c2ccc(OC)c(OC)c2)no1. The van der Waals surface area contributed by atoms with Crippen molar-refractivity contribution < 1.29 is 18.8 Å². The number of carbonyl (C=O) groups excluding carboxylic acids is 1. The number of methoxy groups -OCH3 is 2. The van der Waals surface area contributed by atoms with E-state index in [2.05, 4.69) is 32.5 Å². The van der Waals surface area contributed by atoms with Gasteiger partial charge in [0.25, 0.3) is 0 Å². The van der Waals surface area contributed by atoms with Crippen LogP contribution in [0, 0.1) is 0 Å². The molecule has 8 heteroatoms. The van der Waals surface area contributed by atoms with Crippen molar-refractivity contribution in [2.45, 2.75) is 25.6 Å². The minimum Gasteiger partial charge on any atom is -0.493 e. The molecule has 1 N–H and O–H groups in total. The largest absolute Gasteiger partial charge is 0.493 e. The molecule has 2 heterocycles. The number of fused-ring (bicyclic) bond motifs is 1. The topological polar surface area (TPSA) is 89.7 Å². The summed E-state index contributed by atoms with van der Waals surface area (Å²) in [6, 6.07) is 13.3. The molecule has 1 aliphatic heterocycles. The molecular weight excluding hydrogens is 384 g/mol. The van der Waals surface area contributed by atoms with Gasteiger partial charge in [-0.15, -0.1) is 0 Å². The Balaban J connectivity index is 1.57. The zero-order valence-corrected chi connectivity index (χ0v) is 17.2. The van der Waals surface area contributed by atoms with Gasteiger partial charge in [0.15, 0.2) is 11.5 Å². The Morgan fingerprint density at radius 2 is 1.93 bits per heavy atom. The van der Waals surface area contributed by atoms with E-state index in [-0.39, 0.29) is 11.9 Å². The number of rotatable bonds is 6. The molecule has 1 unspecified atom stereocenters. The second kappa shape index (κ2) is 8.54. The molecule has 3 aromatic rings. The van der Waals surface area contributed by atoms with E-state index in [0.29, 0.717) is 42.7 Å². The fourth-order valence-electron chi connectivity index (χ4n) is 3.75. The number of carbonyl (C=O) groups is 1. The summed E-state index contributed by atoms with van der Waals surface area (Å²) >= 11 is 0. The van der Waals surface area contributed by atoms with Crippen LogP contribution in [0.5, 0.6) is 11.5 Å². The van der Waals surface area contributed by atoms with Gasteiger partial charge in [-0.1, -0.05) is 29.4 Å². The van der Waals surface area contributed by atoms with Crippen molar-refractivity contribution in [2.75, 3.05) is 21.3 Å². The van der Waals surface area contributed by atoms with Gasteiger partial charge >= 0.3 is 0 Å². The summed E-state index contributed by atoms with van der Waals surface area (Å²) in [6.07, 6.45) is 0.645. The Morgan fingerprint density at radius 3 is 2.67 bits per heavy atom. The van der Waals surface area contributed by atoms with Crippen molar-refractivity contribution in [3.05, 3.63) is 59.5 Å². The summed E-state index contributed by atoms with van der Waals surface area (Å²) in [5, 5.41) is 6.87. The first-order valence-electron chi connectivity index (χ1n) is 9.70. The molecule has 2 aromatic carbocycles. The van der Waals surface area contributed by atoms with Crippen LogP contribution in [0.15, 0.2) is 47.0 Å². The molecule has 0 fully saturated rings. The highest BCUT2D eigenvalue weighted by Crippen LogP contribution is 2.31. The van der Waals surface area contributed by atoms with Crippen molar-refractivity contribution in [3.63, 3.8) is 0 Å². The zero-order chi connectivity index (χ0) is 21.1. The maximum Gasteiger partial charge on any atom is 0.241 e. The number of nitrogens with zero attached hydrogens (tertiary/aromatic N) is 3. The van der Waals surface area contributed by atoms with Gasteiger partial charge in [0.2, 0.25) is 17.6 Å². The second-order valence-electron chi connectivity index (χ2n) is 7.09. The van der Waals surface area contributed by atoms with Gasteiger partial charge in [-0.2, -0.15) is 4.98 Å². The molecule has 156 valence electrons. The molecule has 1 amide bonds. The number of amides is 1. The van der Waals surface area contributed by atoms with Gasteiger partial charge in [0.1, 0.15) is 0 Å². The van der Waals surface area contributed by atoms with Crippen LogP contribution in [-0.4, -0.2) is 48.3 Å². The van der Waals surface area contributed by atoms with Crippen LogP contribution in [0.2, 0.25) is 0 Å². The van der Waals surface area contributed by atoms with Gasteiger partial charge in [0.05, 0.1) is 26.8 Å². The Bertz CT molecular complexity index is 1050. The third-order valence-corrected chi connectivity index (χ3v) is 5.34. The van der Waals surface area contributed by atoms with E-state index in [4.69, 9.17) is 14.0 Å². The minimum atomic E-state index is -0.290. The van der Waals surface area contributed by atoms with Crippen LogP contribution >= 0.6 is 0 Å². The standard InChI is InChI=1S/C22H24N4O4/c1-23-22(27)17-10-14-6-4-5-7-16(14)12-26(17)13-20-24-21(25-30-20)15-8-9-18(28-2)19(11-15)29-3/h4-9,11,17H,10,12-13H2,1-3H3,(H,23,27). The Kier molecular flexibility index (Phi) is 5.67. The van der Waals surface area contributed by atoms with Crippen LogP contribution in [0.1, 0.15) is 17.0 Å². The quantitative estimate of drug-likeness (QED) is 0.670. The number of benzene rings is 2. The van der Waals surface area contributed by atoms with Gasteiger partial charge in [-0.3, -0.25) is 9.69 Å². The lowest BCUT2D eigenvalue weighted by Gasteiger charge is -2.34. The fourth-order valence-corrected chi connectivity index (χ4v) is 3.75. The Labute approximate surface area is 174 Å². The van der Waals surface area contributed by atoms with Gasteiger partial charge in [0, 0.05) is 19.2 Å². The van der Waals surface area contributed by atoms with E-state index in [1.165, 1.54) is 11.1 Å². The lowest BCUT2D eigenvalue weighted by molar-refractivity contribution is -0.127. The van der Waals surface area contributed by atoms with Crippen molar-refractivity contribution in [2.24, 2.45) is 0 Å². The fraction of sp³-hybridized carbons (Fsp3) is 0.318. The highest BCUT2D eigenvalue weighted by molar-refractivity contribution is 5.82. The van der Waals surface area contributed by atoms with Crippen molar-refractivity contribution >= 4 is 5.91 Å². The number of nitrogens with one attached hydrogen (secondary N) is 1. The van der Waals surface area contributed by atoms with E-state index in [9.17, 15) is 4.79 Å². The first-order valence-corrected chi connectivity index (χ1v) is 9.70. The molecule has 0 spiro atoms. The summed E-state index contributed by atoms with van der Waals surface area (Å²) in [4.78, 5) is 19.1. The summed E-state index contributed by atoms with van der Waals surface area (Å²) in [6.45, 7) is 1.02. The normalized spacial score (nSPS) is 16.0. The molecule has 0 saturated heterocycles. The van der Waals surface area contributed by atoms with Crippen LogP contribution in [-0.2, 0) is 24.3 Å². The van der Waals surface area contributed by atoms with E-state index in [1.807, 2.05) is 18.2 Å². The third kappa shape index (κ3) is 3.86. The van der Waals surface area contributed by atoms with E-state index >= 15 is 0 Å². The van der Waals surface area contributed by atoms with Crippen molar-refractivity contribution in [1.29, 1.82) is 0 Å². The molecule has 4 rings (SSSR count). The average Bonchev–Trinajstić information content (AvgIpc) is 3.26. The summed E-state index contributed by atoms with van der Waals surface area (Å²) < 4.78 is 16.1. The molecule has 1 atom stereocenters. The predicted octanol–water partition coefficient (Wildman–Crippen LogP) is 2.43. The first-order chi connectivity index (χ1) is 14.6. The van der Waals surface area contributed by atoms with Crippen LogP contribution in [0.4, 0.5) is 0 Å². The zero-order valence-electron chi connectivity index (χ0n) is 17.2. The van der Waals surface area contributed by atoms with E-state index in [0.717, 1.165) is 5.56 Å². The van der Waals surface area contributed by atoms with Gasteiger partial charge in [-0.25, -0.2) is 0 Å². The first kappa shape index (κ1) is 19.9. The molecule has 8 nitrogen and oxygen atoms in total. The number of aromatic nitrogens is 2. The molecule has 0 bridgehead atoms. The van der Waals surface area contributed by atoms with Crippen LogP contribution in [0.25, 0.3) is 11.4 Å². The minimum absolute atomic E-state index is 0.0240. The molecule has 1 aliphatic rings.